The number of alkyl halides is 2. The third kappa shape index (κ3) is 5.03. The molecule has 0 spiro atoms. The minimum Gasteiger partial charge on any atom is -0.435 e. The van der Waals surface area contributed by atoms with Crippen LogP contribution in [0.3, 0.4) is 0 Å². The van der Waals surface area contributed by atoms with Crippen molar-refractivity contribution in [1.82, 2.24) is 5.32 Å². The van der Waals surface area contributed by atoms with Gasteiger partial charge in [0.25, 0.3) is 0 Å². The SMILES string of the molecule is O=C(Cc1ccccc1OC(F)F)NC(CO)c1ccccc1. The number of halogens is 2. The second kappa shape index (κ2) is 8.24. The average Bonchev–Trinajstić information content (AvgIpc) is 2.55. The molecule has 2 aromatic rings. The van der Waals surface area contributed by atoms with Gasteiger partial charge in [0.1, 0.15) is 5.75 Å². The molecule has 0 aliphatic carbocycles. The molecule has 2 rings (SSSR count). The van der Waals surface area contributed by atoms with E-state index in [-0.39, 0.29) is 18.8 Å². The van der Waals surface area contributed by atoms with Crippen LogP contribution in [0.4, 0.5) is 8.78 Å². The maximum Gasteiger partial charge on any atom is 0.387 e. The fourth-order valence-corrected chi connectivity index (χ4v) is 2.20. The minimum atomic E-state index is -2.95. The fraction of sp³-hybridized carbons (Fsp3) is 0.235. The molecule has 1 unspecified atom stereocenters. The molecule has 1 amide bonds. The molecule has 0 heterocycles. The molecule has 2 N–H and O–H groups in total. The summed E-state index contributed by atoms with van der Waals surface area (Å²) in [7, 11) is 0. The van der Waals surface area contributed by atoms with Gasteiger partial charge in [0.05, 0.1) is 19.1 Å². The molecule has 4 nitrogen and oxygen atoms in total. The van der Waals surface area contributed by atoms with Gasteiger partial charge >= 0.3 is 6.61 Å². The zero-order valence-corrected chi connectivity index (χ0v) is 12.3. The largest absolute Gasteiger partial charge is 0.435 e. The summed E-state index contributed by atoms with van der Waals surface area (Å²) in [6.45, 7) is -3.21. The number of ether oxygens (including phenoxy) is 1. The van der Waals surface area contributed by atoms with Gasteiger partial charge in [-0.1, -0.05) is 48.5 Å². The maximum absolute atomic E-state index is 12.4. The van der Waals surface area contributed by atoms with Gasteiger partial charge < -0.3 is 15.2 Å². The predicted octanol–water partition coefficient (Wildman–Crippen LogP) is 2.68. The quantitative estimate of drug-likeness (QED) is 0.824. The molecule has 0 bridgehead atoms. The molecule has 0 aliphatic heterocycles. The summed E-state index contributed by atoms with van der Waals surface area (Å²) < 4.78 is 29.1. The molecule has 6 heteroatoms. The van der Waals surface area contributed by atoms with Crippen molar-refractivity contribution in [3.05, 3.63) is 65.7 Å². The molecule has 23 heavy (non-hydrogen) atoms. The molecule has 0 saturated carbocycles. The van der Waals surface area contributed by atoms with Crippen LogP contribution in [0.5, 0.6) is 5.75 Å². The number of amides is 1. The van der Waals surface area contributed by atoms with Crippen LogP contribution >= 0.6 is 0 Å². The third-order valence-electron chi connectivity index (χ3n) is 3.26. The highest BCUT2D eigenvalue weighted by atomic mass is 19.3. The van der Waals surface area contributed by atoms with Gasteiger partial charge in [-0.25, -0.2) is 0 Å². The Labute approximate surface area is 132 Å². The summed E-state index contributed by atoms with van der Waals surface area (Å²) in [5.74, 6) is -0.420. The van der Waals surface area contributed by atoms with E-state index in [1.54, 1.807) is 42.5 Å². The molecule has 0 aliphatic rings. The van der Waals surface area contributed by atoms with E-state index in [0.717, 1.165) is 5.56 Å². The van der Waals surface area contributed by atoms with Gasteiger partial charge in [-0.3, -0.25) is 4.79 Å². The van der Waals surface area contributed by atoms with E-state index in [0.29, 0.717) is 5.56 Å². The lowest BCUT2D eigenvalue weighted by atomic mass is 10.1. The molecule has 0 fully saturated rings. The highest BCUT2D eigenvalue weighted by Gasteiger charge is 2.16. The van der Waals surface area contributed by atoms with Crippen LogP contribution in [-0.4, -0.2) is 24.2 Å². The molecule has 2 aromatic carbocycles. The molecular formula is C17H17F2NO3. The highest BCUT2D eigenvalue weighted by molar-refractivity contribution is 5.79. The minimum absolute atomic E-state index is 0.0297. The van der Waals surface area contributed by atoms with Crippen LogP contribution in [-0.2, 0) is 11.2 Å². The van der Waals surface area contributed by atoms with E-state index in [1.165, 1.54) is 6.07 Å². The van der Waals surface area contributed by atoms with Crippen molar-refractivity contribution < 1.29 is 23.4 Å². The van der Waals surface area contributed by atoms with Gasteiger partial charge in [-0.2, -0.15) is 8.78 Å². The predicted molar refractivity (Wildman–Crippen MR) is 81.2 cm³/mol. The first kappa shape index (κ1) is 16.9. The van der Waals surface area contributed by atoms with E-state index in [9.17, 15) is 18.7 Å². The number of rotatable bonds is 7. The lowest BCUT2D eigenvalue weighted by Crippen LogP contribution is -2.32. The van der Waals surface area contributed by atoms with Crippen LogP contribution in [0, 0.1) is 0 Å². The zero-order chi connectivity index (χ0) is 16.7. The van der Waals surface area contributed by atoms with E-state index in [4.69, 9.17) is 0 Å². The second-order valence-electron chi connectivity index (χ2n) is 4.88. The van der Waals surface area contributed by atoms with E-state index >= 15 is 0 Å². The van der Waals surface area contributed by atoms with Gasteiger partial charge in [0.15, 0.2) is 0 Å². The molecular weight excluding hydrogens is 304 g/mol. The van der Waals surface area contributed by atoms with Crippen molar-refractivity contribution in [2.24, 2.45) is 0 Å². The summed E-state index contributed by atoms with van der Waals surface area (Å²) in [5, 5.41) is 12.1. The number of para-hydroxylation sites is 1. The Morgan fingerprint density at radius 1 is 1.09 bits per heavy atom. The maximum atomic E-state index is 12.4. The van der Waals surface area contributed by atoms with Gasteiger partial charge in [0.2, 0.25) is 5.91 Å². The van der Waals surface area contributed by atoms with Crippen molar-refractivity contribution in [2.75, 3.05) is 6.61 Å². The Hall–Kier alpha value is -2.47. The van der Waals surface area contributed by atoms with Gasteiger partial charge in [0, 0.05) is 5.56 Å². The van der Waals surface area contributed by atoms with Crippen LogP contribution in [0.2, 0.25) is 0 Å². The van der Waals surface area contributed by atoms with Gasteiger partial charge in [-0.05, 0) is 11.6 Å². The van der Waals surface area contributed by atoms with Crippen LogP contribution in [0.25, 0.3) is 0 Å². The molecule has 1 atom stereocenters. The first-order chi connectivity index (χ1) is 11.1. The average molecular weight is 321 g/mol. The van der Waals surface area contributed by atoms with Crippen LogP contribution < -0.4 is 10.1 Å². The molecule has 122 valence electrons. The number of benzene rings is 2. The Morgan fingerprint density at radius 3 is 2.39 bits per heavy atom. The fourth-order valence-electron chi connectivity index (χ4n) is 2.20. The molecule has 0 aromatic heterocycles. The van der Waals surface area contributed by atoms with Crippen molar-refractivity contribution in [3.63, 3.8) is 0 Å². The Balaban J connectivity index is 2.04. The number of nitrogens with one attached hydrogen (secondary N) is 1. The smallest absolute Gasteiger partial charge is 0.387 e. The summed E-state index contributed by atoms with van der Waals surface area (Å²) >= 11 is 0. The zero-order valence-electron chi connectivity index (χ0n) is 12.3. The molecule has 0 radical (unpaired) electrons. The molecule has 0 saturated heterocycles. The summed E-state index contributed by atoms with van der Waals surface area (Å²) in [5.41, 5.74) is 1.12. The van der Waals surface area contributed by atoms with Crippen LogP contribution in [0.1, 0.15) is 17.2 Å². The summed E-state index contributed by atoms with van der Waals surface area (Å²) in [6.07, 6.45) is -0.119. The number of aliphatic hydroxyl groups excluding tert-OH is 1. The number of hydrogen-bond acceptors (Lipinski definition) is 3. The lowest BCUT2D eigenvalue weighted by Gasteiger charge is -2.17. The standard InChI is InChI=1S/C17H17F2NO3/c18-17(19)23-15-9-5-4-8-13(15)10-16(22)20-14(11-21)12-6-2-1-3-7-12/h1-9,14,17,21H,10-11H2,(H,20,22). The second-order valence-corrected chi connectivity index (χ2v) is 4.88. The number of hydrogen-bond donors (Lipinski definition) is 2. The topological polar surface area (TPSA) is 58.6 Å². The van der Waals surface area contributed by atoms with Crippen molar-refractivity contribution >= 4 is 5.91 Å². The number of aliphatic hydroxyl groups is 1. The number of carbonyl (C=O) groups excluding carboxylic acids is 1. The van der Waals surface area contributed by atoms with Crippen molar-refractivity contribution in [3.8, 4) is 5.75 Å². The van der Waals surface area contributed by atoms with E-state index in [2.05, 4.69) is 10.1 Å². The van der Waals surface area contributed by atoms with Gasteiger partial charge in [-0.15, -0.1) is 0 Å². The lowest BCUT2D eigenvalue weighted by molar-refractivity contribution is -0.121. The Kier molecular flexibility index (Phi) is 6.05. The monoisotopic (exact) mass is 321 g/mol. The normalized spacial score (nSPS) is 12.0. The van der Waals surface area contributed by atoms with E-state index < -0.39 is 18.6 Å². The van der Waals surface area contributed by atoms with Crippen molar-refractivity contribution in [1.29, 1.82) is 0 Å². The summed E-state index contributed by atoms with van der Waals surface area (Å²) in [6, 6.07) is 14.6. The first-order valence-electron chi connectivity index (χ1n) is 7.08. The van der Waals surface area contributed by atoms with E-state index in [1.807, 2.05) is 6.07 Å². The third-order valence-corrected chi connectivity index (χ3v) is 3.26. The number of carbonyl (C=O) groups is 1. The van der Waals surface area contributed by atoms with Crippen molar-refractivity contribution in [2.45, 2.75) is 19.1 Å². The summed E-state index contributed by atoms with van der Waals surface area (Å²) in [4.78, 5) is 12.1. The van der Waals surface area contributed by atoms with Crippen LogP contribution in [0.15, 0.2) is 54.6 Å². The highest BCUT2D eigenvalue weighted by Crippen LogP contribution is 2.21. The Morgan fingerprint density at radius 2 is 1.74 bits per heavy atom. The first-order valence-corrected chi connectivity index (χ1v) is 7.08. The Bertz CT molecular complexity index is 635.